The third-order valence-electron chi connectivity index (χ3n) is 4.08. The Hall–Kier alpha value is -2.07. The summed E-state index contributed by atoms with van der Waals surface area (Å²) in [6.45, 7) is 0. The van der Waals surface area contributed by atoms with Crippen molar-refractivity contribution >= 4 is 47.0 Å². The number of thiophene rings is 1. The highest BCUT2D eigenvalue weighted by Gasteiger charge is 2.30. The molecule has 0 spiro atoms. The van der Waals surface area contributed by atoms with Gasteiger partial charge in [0.05, 0.1) is 6.26 Å². The Labute approximate surface area is 151 Å². The van der Waals surface area contributed by atoms with Crippen molar-refractivity contribution in [2.45, 2.75) is 17.2 Å². The Morgan fingerprint density at radius 2 is 2.21 bits per heavy atom. The van der Waals surface area contributed by atoms with E-state index in [9.17, 15) is 10.1 Å². The van der Waals surface area contributed by atoms with Gasteiger partial charge in [-0.15, -0.1) is 24.0 Å². The lowest BCUT2D eigenvalue weighted by molar-refractivity contribution is 0.485. The van der Waals surface area contributed by atoms with Gasteiger partial charge in [-0.25, -0.2) is 0 Å². The van der Waals surface area contributed by atoms with Crippen molar-refractivity contribution in [3.63, 3.8) is 0 Å². The van der Waals surface area contributed by atoms with E-state index in [1.807, 2.05) is 35.7 Å². The van der Waals surface area contributed by atoms with Crippen LogP contribution in [0.1, 0.15) is 39.0 Å². The molecular formula is C18H11NO2S3. The minimum absolute atomic E-state index is 0.0476. The largest absolute Gasteiger partial charge is 0.469 e. The summed E-state index contributed by atoms with van der Waals surface area (Å²) in [6.07, 6.45) is 4.45. The molecule has 0 amide bonds. The maximum Gasteiger partial charge on any atom is 0.251 e. The predicted octanol–water partition coefficient (Wildman–Crippen LogP) is 5.00. The van der Waals surface area contributed by atoms with E-state index in [0.29, 0.717) is 4.90 Å². The summed E-state index contributed by atoms with van der Waals surface area (Å²) in [6, 6.07) is 9.87. The van der Waals surface area contributed by atoms with E-state index in [1.54, 1.807) is 17.6 Å². The minimum atomic E-state index is -0.247. The molecule has 0 bridgehead atoms. The summed E-state index contributed by atoms with van der Waals surface area (Å²) in [5.74, 6) is 0.775. The summed E-state index contributed by atoms with van der Waals surface area (Å²) in [5.41, 5.74) is 2.20. The van der Waals surface area contributed by atoms with Crippen molar-refractivity contribution < 1.29 is 4.42 Å². The highest BCUT2D eigenvalue weighted by molar-refractivity contribution is 7.80. The average molecular weight is 369 g/mol. The smallest absolute Gasteiger partial charge is 0.251 e. The Bertz CT molecular complexity index is 1020. The summed E-state index contributed by atoms with van der Waals surface area (Å²) in [5, 5.41) is 11.3. The zero-order valence-corrected chi connectivity index (χ0v) is 14.9. The third kappa shape index (κ3) is 2.46. The fraction of sp³-hybridized carbons (Fsp3) is 0.111. The van der Waals surface area contributed by atoms with Gasteiger partial charge in [0.25, 0.3) is 4.74 Å². The third-order valence-corrected chi connectivity index (χ3v) is 6.44. The standard InChI is InChI=1S/C18H11NO2S3/c19-9-12-17(22)16-11(13-3-1-5-21-13)7-10(14-4-2-6-23-14)8-15(16)24-18(12)20/h1-6,8,11,22H,7H2. The normalized spacial score (nSPS) is 16.3. The first-order valence-electron chi connectivity index (χ1n) is 7.27. The number of furan rings is 1. The molecule has 1 aliphatic carbocycles. The molecule has 0 radical (unpaired) electrons. The van der Waals surface area contributed by atoms with Crippen LogP contribution in [0.15, 0.2) is 50.0 Å². The number of hydrogen-bond acceptors (Lipinski definition) is 6. The van der Waals surface area contributed by atoms with Gasteiger partial charge in [0.2, 0.25) is 0 Å². The van der Waals surface area contributed by atoms with Crippen molar-refractivity contribution in [3.8, 4) is 6.07 Å². The molecule has 4 rings (SSSR count). The molecule has 0 N–H and O–H groups in total. The Morgan fingerprint density at radius 1 is 1.33 bits per heavy atom. The Morgan fingerprint density at radius 3 is 2.88 bits per heavy atom. The highest BCUT2D eigenvalue weighted by Crippen LogP contribution is 2.46. The van der Waals surface area contributed by atoms with Crippen LogP contribution in [0, 0.1) is 11.3 Å². The molecule has 1 unspecified atom stereocenters. The topological polar surface area (TPSA) is 54.0 Å². The predicted molar refractivity (Wildman–Crippen MR) is 99.9 cm³/mol. The quantitative estimate of drug-likeness (QED) is 0.647. The zero-order chi connectivity index (χ0) is 16.7. The summed E-state index contributed by atoms with van der Waals surface area (Å²) >= 11 is 7.29. The summed E-state index contributed by atoms with van der Waals surface area (Å²) in [4.78, 5) is 14.7. The maximum atomic E-state index is 12.2. The van der Waals surface area contributed by atoms with Crippen LogP contribution >= 0.6 is 35.3 Å². The van der Waals surface area contributed by atoms with Gasteiger partial charge in [0.15, 0.2) is 0 Å². The number of allylic oxidation sites excluding steroid dienone is 1. The average Bonchev–Trinajstić information content (AvgIpc) is 3.27. The van der Waals surface area contributed by atoms with Gasteiger partial charge in [0, 0.05) is 20.6 Å². The van der Waals surface area contributed by atoms with Crippen molar-refractivity contribution in [1.29, 1.82) is 5.26 Å². The fourth-order valence-corrected chi connectivity index (χ4v) is 5.34. The van der Waals surface area contributed by atoms with Gasteiger partial charge < -0.3 is 4.42 Å². The van der Waals surface area contributed by atoms with Crippen LogP contribution in [0.3, 0.4) is 0 Å². The minimum Gasteiger partial charge on any atom is -0.469 e. The van der Waals surface area contributed by atoms with Crippen LogP contribution in [-0.4, -0.2) is 0 Å². The van der Waals surface area contributed by atoms with Crippen LogP contribution < -0.4 is 4.74 Å². The fourth-order valence-electron chi connectivity index (χ4n) is 3.00. The SMILES string of the molecule is N#Cc1c(S)c2c(sc1=O)C=C(c1cccs1)CC2c1ccco1. The molecule has 0 aromatic carbocycles. The number of nitriles is 1. The molecule has 3 aromatic heterocycles. The van der Waals surface area contributed by atoms with Crippen LogP contribution in [0.4, 0.5) is 0 Å². The number of nitrogens with zero attached hydrogens (tertiary/aromatic N) is 1. The summed E-state index contributed by atoms with van der Waals surface area (Å²) in [7, 11) is 0. The molecular weight excluding hydrogens is 358 g/mol. The van der Waals surface area contributed by atoms with Crippen molar-refractivity contribution in [2.24, 2.45) is 0 Å². The second-order valence-electron chi connectivity index (χ2n) is 5.42. The number of fused-ring (bicyclic) bond motifs is 1. The van der Waals surface area contributed by atoms with E-state index < -0.39 is 0 Å². The monoisotopic (exact) mass is 369 g/mol. The molecule has 1 atom stereocenters. The van der Waals surface area contributed by atoms with Gasteiger partial charge in [0.1, 0.15) is 17.4 Å². The van der Waals surface area contributed by atoms with E-state index in [1.165, 1.54) is 10.5 Å². The lowest BCUT2D eigenvalue weighted by Crippen LogP contribution is -2.13. The molecule has 0 fully saturated rings. The molecule has 1 aliphatic rings. The van der Waals surface area contributed by atoms with Crippen LogP contribution in [0.5, 0.6) is 0 Å². The number of thiol groups is 1. The van der Waals surface area contributed by atoms with Crippen molar-refractivity contribution in [3.05, 3.63) is 72.1 Å². The van der Waals surface area contributed by atoms with Crippen molar-refractivity contribution in [1.82, 2.24) is 0 Å². The van der Waals surface area contributed by atoms with Gasteiger partial charge >= 0.3 is 0 Å². The van der Waals surface area contributed by atoms with E-state index in [-0.39, 0.29) is 16.2 Å². The van der Waals surface area contributed by atoms with Crippen LogP contribution in [0.25, 0.3) is 11.6 Å². The van der Waals surface area contributed by atoms with Gasteiger partial charge in [-0.05, 0) is 47.2 Å². The van der Waals surface area contributed by atoms with Gasteiger partial charge in [-0.3, -0.25) is 4.79 Å². The molecule has 6 heteroatoms. The highest BCUT2D eigenvalue weighted by atomic mass is 32.1. The maximum absolute atomic E-state index is 12.2. The van der Waals surface area contributed by atoms with Crippen molar-refractivity contribution in [2.75, 3.05) is 0 Å². The molecule has 3 nitrogen and oxygen atoms in total. The molecule has 0 aliphatic heterocycles. The first-order valence-corrected chi connectivity index (χ1v) is 9.41. The zero-order valence-electron chi connectivity index (χ0n) is 12.4. The molecule has 24 heavy (non-hydrogen) atoms. The van der Waals surface area contributed by atoms with E-state index >= 15 is 0 Å². The van der Waals surface area contributed by atoms with Crippen LogP contribution in [0.2, 0.25) is 0 Å². The molecule has 3 aromatic rings. The number of hydrogen-bond donors (Lipinski definition) is 1. The summed E-state index contributed by atoms with van der Waals surface area (Å²) < 4.78 is 5.39. The first-order chi connectivity index (χ1) is 11.7. The second kappa shape index (κ2) is 6.10. The molecule has 0 saturated heterocycles. The second-order valence-corrected chi connectivity index (χ2v) is 7.83. The van der Waals surface area contributed by atoms with E-state index in [0.717, 1.165) is 34.0 Å². The Kier molecular flexibility index (Phi) is 3.93. The van der Waals surface area contributed by atoms with Gasteiger partial charge in [-0.2, -0.15) is 5.26 Å². The molecule has 3 heterocycles. The van der Waals surface area contributed by atoms with Crippen LogP contribution in [-0.2, 0) is 0 Å². The lowest BCUT2D eigenvalue weighted by Gasteiger charge is -2.25. The Balaban J connectivity index is 1.99. The molecule has 118 valence electrons. The first kappa shape index (κ1) is 15.5. The number of rotatable bonds is 2. The van der Waals surface area contributed by atoms with Gasteiger partial charge in [-0.1, -0.05) is 17.4 Å². The van der Waals surface area contributed by atoms with E-state index in [2.05, 4.69) is 18.7 Å². The lowest BCUT2D eigenvalue weighted by atomic mass is 9.84. The van der Waals surface area contributed by atoms with E-state index in [4.69, 9.17) is 4.42 Å². The molecule has 0 saturated carbocycles.